The summed E-state index contributed by atoms with van der Waals surface area (Å²) in [4.78, 5) is 0. The molecule has 0 amide bonds. The van der Waals surface area contributed by atoms with E-state index in [9.17, 15) is 4.55 Å². The lowest BCUT2D eigenvalue weighted by Crippen LogP contribution is -2.30. The Labute approximate surface area is 105 Å². The molecule has 0 heterocycles. The first kappa shape index (κ1) is 14.4. The SMILES string of the molecule is Br.C[S+]([O-])C(C)(S)Cc1ccccc1. The molecule has 80 valence electrons. The van der Waals surface area contributed by atoms with Crippen molar-refractivity contribution < 1.29 is 4.55 Å². The highest BCUT2D eigenvalue weighted by Crippen LogP contribution is 2.25. The predicted molar refractivity (Wildman–Crippen MR) is 71.9 cm³/mol. The van der Waals surface area contributed by atoms with Crippen molar-refractivity contribution >= 4 is 40.8 Å². The van der Waals surface area contributed by atoms with Crippen molar-refractivity contribution in [1.82, 2.24) is 0 Å². The minimum atomic E-state index is -0.912. The van der Waals surface area contributed by atoms with E-state index in [1.807, 2.05) is 37.3 Å². The Morgan fingerprint density at radius 1 is 1.36 bits per heavy atom. The summed E-state index contributed by atoms with van der Waals surface area (Å²) in [6.45, 7) is 1.90. The molecular weight excluding hydrogens is 280 g/mol. The minimum Gasteiger partial charge on any atom is -0.615 e. The van der Waals surface area contributed by atoms with E-state index in [4.69, 9.17) is 0 Å². The third-order valence-corrected chi connectivity index (χ3v) is 4.31. The molecule has 0 aliphatic carbocycles. The van der Waals surface area contributed by atoms with E-state index in [0.717, 1.165) is 6.42 Å². The summed E-state index contributed by atoms with van der Waals surface area (Å²) in [6, 6.07) is 10.0. The van der Waals surface area contributed by atoms with Crippen molar-refractivity contribution in [2.45, 2.75) is 17.4 Å². The van der Waals surface area contributed by atoms with Crippen LogP contribution in [0.3, 0.4) is 0 Å². The minimum absolute atomic E-state index is 0. The Balaban J connectivity index is 0.00000169. The lowest BCUT2D eigenvalue weighted by atomic mass is 10.1. The zero-order chi connectivity index (χ0) is 9.90. The molecule has 2 atom stereocenters. The van der Waals surface area contributed by atoms with Gasteiger partial charge in [0.2, 0.25) is 0 Å². The van der Waals surface area contributed by atoms with Crippen molar-refractivity contribution in [3.63, 3.8) is 0 Å². The Kier molecular flexibility index (Phi) is 6.21. The number of rotatable bonds is 3. The number of hydrogen-bond acceptors (Lipinski definition) is 2. The summed E-state index contributed by atoms with van der Waals surface area (Å²) < 4.78 is 10.9. The Morgan fingerprint density at radius 3 is 2.29 bits per heavy atom. The second kappa shape index (κ2) is 6.05. The Bertz CT molecular complexity index is 262. The average Bonchev–Trinajstić information content (AvgIpc) is 2.05. The topological polar surface area (TPSA) is 23.1 Å². The molecule has 2 unspecified atom stereocenters. The highest BCUT2D eigenvalue weighted by atomic mass is 79.9. The number of halogens is 1. The van der Waals surface area contributed by atoms with Crippen LogP contribution in [0, 0.1) is 0 Å². The largest absolute Gasteiger partial charge is 0.615 e. The number of hydrogen-bond donors (Lipinski definition) is 1. The summed E-state index contributed by atoms with van der Waals surface area (Å²) in [6.07, 6.45) is 2.43. The third kappa shape index (κ3) is 4.26. The molecule has 0 bridgehead atoms. The van der Waals surface area contributed by atoms with Gasteiger partial charge in [-0.3, -0.25) is 0 Å². The summed E-state index contributed by atoms with van der Waals surface area (Å²) in [5.41, 5.74) is 1.18. The first-order chi connectivity index (χ1) is 6.02. The Morgan fingerprint density at radius 2 is 1.86 bits per heavy atom. The molecule has 1 nitrogen and oxygen atoms in total. The van der Waals surface area contributed by atoms with Crippen LogP contribution in [-0.2, 0) is 17.6 Å². The fraction of sp³-hybridized carbons (Fsp3) is 0.400. The van der Waals surface area contributed by atoms with Gasteiger partial charge >= 0.3 is 0 Å². The van der Waals surface area contributed by atoms with Gasteiger partial charge in [-0.1, -0.05) is 30.3 Å². The van der Waals surface area contributed by atoms with Gasteiger partial charge in [-0.25, -0.2) is 0 Å². The lowest BCUT2D eigenvalue weighted by molar-refractivity contribution is 0.581. The molecular formula is C10H15BrOS2. The summed E-state index contributed by atoms with van der Waals surface area (Å²) >= 11 is 3.48. The van der Waals surface area contributed by atoms with Gasteiger partial charge < -0.3 is 4.55 Å². The van der Waals surface area contributed by atoms with E-state index in [1.54, 1.807) is 6.26 Å². The van der Waals surface area contributed by atoms with Crippen LogP contribution in [-0.4, -0.2) is 14.9 Å². The second-order valence-corrected chi connectivity index (χ2v) is 6.39. The molecule has 0 aliphatic heterocycles. The van der Waals surface area contributed by atoms with Crippen LogP contribution in [0.1, 0.15) is 12.5 Å². The molecule has 1 rings (SSSR count). The molecule has 0 spiro atoms. The van der Waals surface area contributed by atoms with Crippen molar-refractivity contribution in [3.05, 3.63) is 35.9 Å². The maximum atomic E-state index is 11.3. The molecule has 0 saturated heterocycles. The van der Waals surface area contributed by atoms with Crippen LogP contribution >= 0.6 is 29.6 Å². The molecule has 1 aromatic carbocycles. The van der Waals surface area contributed by atoms with Gasteiger partial charge in [-0.2, -0.15) is 0 Å². The first-order valence-corrected chi connectivity index (χ1v) is 6.13. The molecule has 0 radical (unpaired) electrons. The van der Waals surface area contributed by atoms with Crippen LogP contribution in [0.25, 0.3) is 0 Å². The van der Waals surface area contributed by atoms with Gasteiger partial charge in [-0.05, 0) is 23.7 Å². The van der Waals surface area contributed by atoms with Crippen molar-refractivity contribution in [2.24, 2.45) is 0 Å². The lowest BCUT2D eigenvalue weighted by Gasteiger charge is -2.24. The van der Waals surface area contributed by atoms with E-state index < -0.39 is 15.3 Å². The molecule has 0 fully saturated rings. The van der Waals surface area contributed by atoms with Crippen molar-refractivity contribution in [2.75, 3.05) is 6.26 Å². The molecule has 0 aliphatic rings. The third-order valence-electron chi connectivity index (χ3n) is 1.99. The van der Waals surface area contributed by atoms with E-state index in [1.165, 1.54) is 5.56 Å². The maximum absolute atomic E-state index is 11.3. The summed E-state index contributed by atoms with van der Waals surface area (Å²) in [5.74, 6) is 0. The molecule has 14 heavy (non-hydrogen) atoms. The number of thiol groups is 1. The van der Waals surface area contributed by atoms with Crippen LogP contribution in [0.15, 0.2) is 30.3 Å². The highest BCUT2D eigenvalue weighted by molar-refractivity contribution is 8.93. The van der Waals surface area contributed by atoms with Crippen molar-refractivity contribution in [3.8, 4) is 0 Å². The van der Waals surface area contributed by atoms with E-state index in [-0.39, 0.29) is 17.0 Å². The fourth-order valence-corrected chi connectivity index (χ4v) is 1.63. The van der Waals surface area contributed by atoms with Crippen LogP contribution in [0.4, 0.5) is 0 Å². The molecule has 0 saturated carbocycles. The smallest absolute Gasteiger partial charge is 0.168 e. The quantitative estimate of drug-likeness (QED) is 0.672. The summed E-state index contributed by atoms with van der Waals surface area (Å²) in [7, 11) is 0. The van der Waals surface area contributed by atoms with Gasteiger partial charge in [0.25, 0.3) is 0 Å². The molecule has 0 N–H and O–H groups in total. The van der Waals surface area contributed by atoms with Crippen LogP contribution in [0.2, 0.25) is 0 Å². The molecule has 1 aromatic rings. The van der Waals surface area contributed by atoms with E-state index >= 15 is 0 Å². The van der Waals surface area contributed by atoms with E-state index in [2.05, 4.69) is 12.6 Å². The van der Waals surface area contributed by atoms with Gasteiger partial charge in [-0.15, -0.1) is 29.6 Å². The Hall–Kier alpha value is 0.360. The standard InChI is InChI=1S/C10H14OS2.BrH/c1-10(12,13(2)11)8-9-6-4-3-5-7-9;/h3-7,12H,8H2,1-2H3;1H. The molecule has 0 aromatic heterocycles. The van der Waals surface area contributed by atoms with Gasteiger partial charge in [0.15, 0.2) is 4.08 Å². The number of benzene rings is 1. The van der Waals surface area contributed by atoms with Crippen LogP contribution < -0.4 is 0 Å². The normalized spacial score (nSPS) is 16.6. The fourth-order valence-electron chi connectivity index (χ4n) is 1.08. The average molecular weight is 295 g/mol. The zero-order valence-electron chi connectivity index (χ0n) is 8.27. The first-order valence-electron chi connectivity index (χ1n) is 4.12. The molecule has 4 heteroatoms. The van der Waals surface area contributed by atoms with Crippen LogP contribution in [0.5, 0.6) is 0 Å². The van der Waals surface area contributed by atoms with Gasteiger partial charge in [0, 0.05) is 6.42 Å². The van der Waals surface area contributed by atoms with Gasteiger partial charge in [0.05, 0.1) is 6.26 Å². The van der Waals surface area contributed by atoms with Crippen molar-refractivity contribution in [1.29, 1.82) is 0 Å². The highest BCUT2D eigenvalue weighted by Gasteiger charge is 2.29. The van der Waals surface area contributed by atoms with E-state index in [0.29, 0.717) is 0 Å². The predicted octanol–water partition coefficient (Wildman–Crippen LogP) is 2.83. The monoisotopic (exact) mass is 294 g/mol. The second-order valence-electron chi connectivity index (χ2n) is 3.29. The maximum Gasteiger partial charge on any atom is 0.168 e. The zero-order valence-corrected chi connectivity index (χ0v) is 11.7. The van der Waals surface area contributed by atoms with Gasteiger partial charge in [0.1, 0.15) is 0 Å². The summed E-state index contributed by atoms with van der Waals surface area (Å²) in [5, 5.41) is 0.